The molecule has 1 heterocycles. The minimum atomic E-state index is -0.701. The van der Waals surface area contributed by atoms with Gasteiger partial charge in [0.1, 0.15) is 0 Å². The average molecular weight is 243 g/mol. The molecule has 0 amide bonds. The number of hydrogen-bond acceptors (Lipinski definition) is 3. The Kier molecular flexibility index (Phi) is 7.21. The molecule has 1 fully saturated rings. The molecule has 0 aromatic carbocycles. The summed E-state index contributed by atoms with van der Waals surface area (Å²) in [4.78, 5) is 12.7. The van der Waals surface area contributed by atoms with Gasteiger partial charge in [-0.2, -0.15) is 0 Å². The van der Waals surface area contributed by atoms with Crippen LogP contribution in [0.3, 0.4) is 0 Å². The van der Waals surface area contributed by atoms with Crippen molar-refractivity contribution in [3.63, 3.8) is 0 Å². The fourth-order valence-electron chi connectivity index (χ4n) is 2.51. The van der Waals surface area contributed by atoms with Crippen LogP contribution in [0.2, 0.25) is 0 Å². The lowest BCUT2D eigenvalue weighted by molar-refractivity contribution is -0.137. The molecule has 100 valence electrons. The molecule has 1 unspecified atom stereocenters. The van der Waals surface area contributed by atoms with Gasteiger partial charge in [-0.25, -0.2) is 0 Å². The Hall–Kier alpha value is -0.610. The van der Waals surface area contributed by atoms with Gasteiger partial charge in [-0.3, -0.25) is 9.69 Å². The van der Waals surface area contributed by atoms with Crippen molar-refractivity contribution in [2.75, 3.05) is 19.7 Å². The maximum atomic E-state index is 10.4. The second-order valence-corrected chi connectivity index (χ2v) is 4.93. The zero-order valence-electron chi connectivity index (χ0n) is 10.6. The number of carboxylic acid groups (broad SMARTS) is 1. The van der Waals surface area contributed by atoms with Gasteiger partial charge < -0.3 is 10.2 Å². The summed E-state index contributed by atoms with van der Waals surface area (Å²) < 4.78 is 0. The van der Waals surface area contributed by atoms with Gasteiger partial charge in [-0.1, -0.05) is 19.3 Å². The normalized spacial score (nSPS) is 22.3. The van der Waals surface area contributed by atoms with E-state index in [9.17, 15) is 9.90 Å². The molecule has 17 heavy (non-hydrogen) atoms. The topological polar surface area (TPSA) is 60.8 Å². The third-order valence-corrected chi connectivity index (χ3v) is 3.55. The summed E-state index contributed by atoms with van der Waals surface area (Å²) in [7, 11) is 0. The van der Waals surface area contributed by atoms with Crippen LogP contribution in [0.4, 0.5) is 0 Å². The fraction of sp³-hybridized carbons (Fsp3) is 0.923. The zero-order valence-corrected chi connectivity index (χ0v) is 10.6. The molecule has 1 rings (SSSR count). The first-order chi connectivity index (χ1) is 8.24. The summed E-state index contributed by atoms with van der Waals surface area (Å²) >= 11 is 0. The Balaban J connectivity index is 2.16. The molecule has 1 atom stereocenters. The van der Waals surface area contributed by atoms with Crippen molar-refractivity contribution < 1.29 is 15.0 Å². The standard InChI is InChI=1S/C13H25NO3/c15-11-12-7-3-1-5-9-14(12)10-6-2-4-8-13(16)17/h12,15H,1-11H2,(H,16,17). The van der Waals surface area contributed by atoms with E-state index in [1.807, 2.05) is 0 Å². The molecule has 1 saturated heterocycles. The van der Waals surface area contributed by atoms with Gasteiger partial charge in [0, 0.05) is 12.5 Å². The predicted molar refractivity (Wildman–Crippen MR) is 67.0 cm³/mol. The zero-order chi connectivity index (χ0) is 12.5. The third-order valence-electron chi connectivity index (χ3n) is 3.55. The van der Waals surface area contributed by atoms with Crippen LogP contribution in [0.1, 0.15) is 51.4 Å². The van der Waals surface area contributed by atoms with Gasteiger partial charge in [0.15, 0.2) is 0 Å². The van der Waals surface area contributed by atoms with E-state index in [4.69, 9.17) is 5.11 Å². The number of rotatable bonds is 7. The van der Waals surface area contributed by atoms with Crippen molar-refractivity contribution in [1.82, 2.24) is 4.90 Å². The van der Waals surface area contributed by atoms with E-state index in [0.717, 1.165) is 38.8 Å². The molecule has 4 nitrogen and oxygen atoms in total. The molecule has 0 spiro atoms. The predicted octanol–water partition coefficient (Wildman–Crippen LogP) is 1.87. The maximum absolute atomic E-state index is 10.4. The molecule has 2 N–H and O–H groups in total. The van der Waals surface area contributed by atoms with Gasteiger partial charge in [0.05, 0.1) is 6.61 Å². The van der Waals surface area contributed by atoms with E-state index in [1.165, 1.54) is 19.3 Å². The molecule has 1 aliphatic heterocycles. The Bertz CT molecular complexity index is 221. The SMILES string of the molecule is O=C(O)CCCCCN1CCCCCC1CO. The molecule has 0 aliphatic carbocycles. The number of nitrogens with zero attached hydrogens (tertiary/aromatic N) is 1. The Morgan fingerprint density at radius 2 is 2.00 bits per heavy atom. The Labute approximate surface area is 104 Å². The minimum absolute atomic E-state index is 0.259. The number of hydrogen-bond donors (Lipinski definition) is 2. The van der Waals surface area contributed by atoms with Crippen molar-refractivity contribution in [3.8, 4) is 0 Å². The van der Waals surface area contributed by atoms with Crippen molar-refractivity contribution in [1.29, 1.82) is 0 Å². The molecule has 0 aromatic rings. The molecular weight excluding hydrogens is 218 g/mol. The number of aliphatic hydroxyl groups is 1. The van der Waals surface area contributed by atoms with Gasteiger partial charge in [-0.15, -0.1) is 0 Å². The number of likely N-dealkylation sites (tertiary alicyclic amines) is 1. The first-order valence-electron chi connectivity index (χ1n) is 6.80. The highest BCUT2D eigenvalue weighted by molar-refractivity contribution is 5.66. The average Bonchev–Trinajstić information content (AvgIpc) is 2.53. The second kappa shape index (κ2) is 8.48. The molecular formula is C13H25NO3. The number of carboxylic acids is 1. The maximum Gasteiger partial charge on any atom is 0.303 e. The Morgan fingerprint density at radius 1 is 1.18 bits per heavy atom. The fourth-order valence-corrected chi connectivity index (χ4v) is 2.51. The van der Waals surface area contributed by atoms with Gasteiger partial charge in [-0.05, 0) is 38.8 Å². The summed E-state index contributed by atoms with van der Waals surface area (Å²) in [5, 5.41) is 17.9. The molecule has 0 bridgehead atoms. The highest BCUT2D eigenvalue weighted by atomic mass is 16.4. The number of carbonyl (C=O) groups is 1. The van der Waals surface area contributed by atoms with Crippen LogP contribution < -0.4 is 0 Å². The van der Waals surface area contributed by atoms with E-state index >= 15 is 0 Å². The van der Waals surface area contributed by atoms with Crippen LogP contribution in [-0.4, -0.2) is 46.8 Å². The highest BCUT2D eigenvalue weighted by Gasteiger charge is 2.19. The van der Waals surface area contributed by atoms with E-state index in [0.29, 0.717) is 6.04 Å². The van der Waals surface area contributed by atoms with Crippen LogP contribution in [0.5, 0.6) is 0 Å². The van der Waals surface area contributed by atoms with Crippen LogP contribution >= 0.6 is 0 Å². The first kappa shape index (κ1) is 14.5. The summed E-state index contributed by atoms with van der Waals surface area (Å²) in [6, 6.07) is 0.331. The van der Waals surface area contributed by atoms with Crippen LogP contribution in [0, 0.1) is 0 Å². The molecule has 4 heteroatoms. The summed E-state index contributed by atoms with van der Waals surface area (Å²) in [5.41, 5.74) is 0. The van der Waals surface area contributed by atoms with E-state index in [2.05, 4.69) is 4.90 Å². The van der Waals surface area contributed by atoms with Gasteiger partial charge in [0.25, 0.3) is 0 Å². The lowest BCUT2D eigenvalue weighted by atomic mass is 10.1. The number of aliphatic hydroxyl groups excluding tert-OH is 1. The lowest BCUT2D eigenvalue weighted by Crippen LogP contribution is -2.38. The molecule has 1 aliphatic rings. The van der Waals surface area contributed by atoms with E-state index in [-0.39, 0.29) is 13.0 Å². The smallest absolute Gasteiger partial charge is 0.303 e. The van der Waals surface area contributed by atoms with E-state index < -0.39 is 5.97 Å². The molecule has 0 aromatic heterocycles. The highest BCUT2D eigenvalue weighted by Crippen LogP contribution is 2.17. The van der Waals surface area contributed by atoms with Crippen molar-refractivity contribution >= 4 is 5.97 Å². The van der Waals surface area contributed by atoms with Crippen molar-refractivity contribution in [2.24, 2.45) is 0 Å². The molecule has 0 radical (unpaired) electrons. The van der Waals surface area contributed by atoms with Crippen molar-refractivity contribution in [2.45, 2.75) is 57.4 Å². The van der Waals surface area contributed by atoms with Crippen LogP contribution in [-0.2, 0) is 4.79 Å². The summed E-state index contributed by atoms with van der Waals surface area (Å²) in [6.07, 6.45) is 7.89. The number of aliphatic carboxylic acids is 1. The number of unbranched alkanes of at least 4 members (excludes halogenated alkanes) is 2. The van der Waals surface area contributed by atoms with Gasteiger partial charge in [0.2, 0.25) is 0 Å². The monoisotopic (exact) mass is 243 g/mol. The van der Waals surface area contributed by atoms with Crippen LogP contribution in [0.15, 0.2) is 0 Å². The Morgan fingerprint density at radius 3 is 2.71 bits per heavy atom. The third kappa shape index (κ3) is 6.03. The largest absolute Gasteiger partial charge is 0.481 e. The quantitative estimate of drug-likeness (QED) is 0.670. The van der Waals surface area contributed by atoms with Crippen molar-refractivity contribution in [3.05, 3.63) is 0 Å². The summed E-state index contributed by atoms with van der Waals surface area (Å²) in [6.45, 7) is 2.35. The summed E-state index contributed by atoms with van der Waals surface area (Å²) in [5.74, 6) is -0.701. The molecule has 0 saturated carbocycles. The van der Waals surface area contributed by atoms with Crippen LogP contribution in [0.25, 0.3) is 0 Å². The minimum Gasteiger partial charge on any atom is -0.481 e. The second-order valence-electron chi connectivity index (χ2n) is 4.93. The van der Waals surface area contributed by atoms with E-state index in [1.54, 1.807) is 0 Å². The first-order valence-corrected chi connectivity index (χ1v) is 6.80. The lowest BCUT2D eigenvalue weighted by Gasteiger charge is -2.28. The van der Waals surface area contributed by atoms with Gasteiger partial charge >= 0.3 is 5.97 Å².